The Hall–Kier alpha value is -7.60. The first-order chi connectivity index (χ1) is 53.6. The Bertz CT molecular complexity index is 3860. The van der Waals surface area contributed by atoms with E-state index in [1.54, 1.807) is 31.2 Å². The maximum atomic E-state index is 12.3. The Morgan fingerprint density at radius 1 is 0.393 bits per heavy atom. The summed E-state index contributed by atoms with van der Waals surface area (Å²) in [6, 6.07) is 69.0. The highest BCUT2D eigenvalue weighted by Gasteiger charge is 2.18. The summed E-state index contributed by atoms with van der Waals surface area (Å²) >= 11 is 0. The van der Waals surface area contributed by atoms with E-state index in [0.29, 0.717) is 60.2 Å². The lowest BCUT2D eigenvalue weighted by Crippen LogP contribution is -2.33. The third-order valence-corrected chi connectivity index (χ3v) is 21.3. The second-order valence-corrected chi connectivity index (χ2v) is 35.8. The quantitative estimate of drug-likeness (QED) is 0.0360. The number of hydrogen-bond donors (Lipinski definition) is 2. The first kappa shape index (κ1) is 96.8. The SMILES string of the molecule is CC(C)Cc1ccc(CC(=O)Cc2ccccc2)cc1.CC(C)Cc1ccc(CC(=O)[C@@H](C)CO)cc1.CC(C)Cc1ccc(CS(=O)(=O)c2ccccc2)cc1.CC(C)Cc1ccc(OCCN2CCCCC2)cc1.CCCCCCc1ccc(CC(C)C)cc1.CCCCC[C@H](N)C(=O)Cc1ccc(CC(C)C)cc1. The van der Waals surface area contributed by atoms with Gasteiger partial charge in [0.2, 0.25) is 0 Å². The van der Waals surface area contributed by atoms with Crippen molar-refractivity contribution in [2.45, 2.75) is 262 Å². The minimum absolute atomic E-state index is 0.0545. The number of aryl methyl sites for hydroxylation is 1. The average Bonchev–Trinajstić information content (AvgIpc) is 0.829. The Labute approximate surface area is 681 Å². The molecule has 9 nitrogen and oxygen atoms in total. The van der Waals surface area contributed by atoms with Crippen LogP contribution in [0.2, 0.25) is 0 Å². The normalized spacial score (nSPS) is 12.6. The van der Waals surface area contributed by atoms with Gasteiger partial charge in [-0.15, -0.1) is 0 Å². The highest BCUT2D eigenvalue weighted by atomic mass is 32.2. The van der Waals surface area contributed by atoms with E-state index in [9.17, 15) is 22.8 Å². The zero-order valence-corrected chi connectivity index (χ0v) is 72.7. The van der Waals surface area contributed by atoms with Crippen LogP contribution < -0.4 is 10.5 Å². The number of carbonyl (C=O) groups is 3. The Morgan fingerprint density at radius 3 is 1.12 bits per heavy atom. The summed E-state index contributed by atoms with van der Waals surface area (Å²) in [7, 11) is -3.25. The van der Waals surface area contributed by atoms with Crippen LogP contribution >= 0.6 is 0 Å². The topological polar surface area (TPSA) is 144 Å². The number of sulfone groups is 1. The Balaban J connectivity index is 0.000000284. The zero-order valence-electron chi connectivity index (χ0n) is 71.9. The van der Waals surface area contributed by atoms with E-state index in [1.807, 2.05) is 72.8 Å². The fourth-order valence-electron chi connectivity index (χ4n) is 13.4. The molecule has 0 aromatic heterocycles. The number of unbranched alkanes of at least 4 members (excludes halogenated alkanes) is 5. The van der Waals surface area contributed by atoms with Gasteiger partial charge < -0.3 is 15.6 Å². The fraction of sp³-hybridized carbons (Fsp3) is 0.500. The van der Waals surface area contributed by atoms with Crippen molar-refractivity contribution in [2.75, 3.05) is 32.8 Å². The number of nitrogens with two attached hydrogens (primary N) is 1. The molecule has 0 unspecified atom stereocenters. The molecule has 0 bridgehead atoms. The smallest absolute Gasteiger partial charge is 0.182 e. The number of Topliss-reactive ketones (excluding diaryl/α,β-unsaturated/α-hetero) is 3. The molecule has 1 saturated heterocycles. The number of benzene rings is 8. The Kier molecular flexibility index (Phi) is 48.2. The van der Waals surface area contributed by atoms with Crippen LogP contribution in [0.15, 0.2) is 211 Å². The standard InChI is InChI=1S/C19H22O.C18H29NO.C17H27NO.C17H20O2S.C16H26.C15H22O2/c1-15(2)12-17-8-10-18(11-9-17)14-19(20)13-16-6-4-3-5-7-16;1-4-5-6-7-17(19)18(20)13-16-10-8-15(9-11-16)12-14(2)3;1-15(2)14-16-6-8-17(9-7-16)19-13-12-18-10-4-3-5-11-18;1-14(2)12-15-8-10-16(11-9-15)13-20(18,19)17-6-4-3-5-7-17;1-4-5-6-7-8-15-9-11-16(12-10-15)13-14(2)3;1-11(2)8-13-4-6-14(7-5-13)9-15(17)12(3)10-16/h3-11,15H,12-14H2,1-2H3;8-11,14,17H,4-7,12-13,19H2,1-3H3;6-9,15H,3-5,10-14H2,1-2H3;3-11,14H,12-13H2,1-2H3;9-12,14H,4-8,13H2,1-3H3;4-7,11-12,16H,8-10H2,1-3H3/t;17-;;;;12-/m.0...0/s1. The number of carbonyl (C=O) groups excluding carboxylic acids is 3. The lowest BCUT2D eigenvalue weighted by molar-refractivity contribution is -0.123. The van der Waals surface area contributed by atoms with Crippen molar-refractivity contribution in [3.05, 3.63) is 273 Å². The number of rotatable bonds is 39. The number of aliphatic hydroxyl groups excluding tert-OH is 1. The molecule has 0 aliphatic carbocycles. The van der Waals surface area contributed by atoms with Gasteiger partial charge in [-0.1, -0.05) is 331 Å². The van der Waals surface area contributed by atoms with Gasteiger partial charge >= 0.3 is 0 Å². The fourth-order valence-corrected chi connectivity index (χ4v) is 14.8. The maximum absolute atomic E-state index is 12.3. The summed E-state index contributed by atoms with van der Waals surface area (Å²) in [6.45, 7) is 37.1. The number of piperidine rings is 1. The van der Waals surface area contributed by atoms with Crippen molar-refractivity contribution in [2.24, 2.45) is 47.2 Å². The molecule has 8 aromatic carbocycles. The van der Waals surface area contributed by atoms with E-state index in [2.05, 4.69) is 211 Å². The summed E-state index contributed by atoms with van der Waals surface area (Å²) in [5.74, 6) is 5.39. The molecule has 9 rings (SSSR count). The molecule has 1 heterocycles. The van der Waals surface area contributed by atoms with Crippen molar-refractivity contribution in [1.29, 1.82) is 0 Å². The molecule has 612 valence electrons. The van der Waals surface area contributed by atoms with Crippen LogP contribution in [-0.4, -0.2) is 74.7 Å². The highest BCUT2D eigenvalue weighted by molar-refractivity contribution is 7.90. The molecule has 0 saturated carbocycles. The minimum Gasteiger partial charge on any atom is -0.492 e. The summed E-state index contributed by atoms with van der Waals surface area (Å²) in [6.07, 6.45) is 23.5. The average molecular weight is 1540 g/mol. The van der Waals surface area contributed by atoms with Crippen LogP contribution in [0.5, 0.6) is 5.75 Å². The lowest BCUT2D eigenvalue weighted by atomic mass is 9.97. The van der Waals surface area contributed by atoms with E-state index >= 15 is 0 Å². The van der Waals surface area contributed by atoms with E-state index in [4.69, 9.17) is 15.6 Å². The van der Waals surface area contributed by atoms with Gasteiger partial charge in [0.15, 0.2) is 15.6 Å². The molecule has 0 amide bonds. The van der Waals surface area contributed by atoms with Crippen molar-refractivity contribution in [3.63, 3.8) is 0 Å². The number of aliphatic hydroxyl groups is 1. The van der Waals surface area contributed by atoms with E-state index in [0.717, 1.165) is 110 Å². The summed E-state index contributed by atoms with van der Waals surface area (Å²) in [4.78, 5) is 38.6. The van der Waals surface area contributed by atoms with Crippen LogP contribution in [0.25, 0.3) is 0 Å². The minimum atomic E-state index is -3.25. The molecule has 0 spiro atoms. The molecule has 112 heavy (non-hydrogen) atoms. The van der Waals surface area contributed by atoms with Gasteiger partial charge in [0.25, 0.3) is 0 Å². The van der Waals surface area contributed by atoms with E-state index in [-0.39, 0.29) is 41.7 Å². The molecule has 2 atom stereocenters. The highest BCUT2D eigenvalue weighted by Crippen LogP contribution is 2.22. The van der Waals surface area contributed by atoms with Crippen molar-refractivity contribution in [3.8, 4) is 5.75 Å². The van der Waals surface area contributed by atoms with Gasteiger partial charge in [0, 0.05) is 38.1 Å². The monoisotopic (exact) mass is 1540 g/mol. The van der Waals surface area contributed by atoms with Gasteiger partial charge in [0.1, 0.15) is 23.9 Å². The number of likely N-dealkylation sites (tertiary alicyclic amines) is 1. The molecule has 8 aromatic rings. The van der Waals surface area contributed by atoms with Gasteiger partial charge in [-0.25, -0.2) is 8.42 Å². The molecule has 3 N–H and O–H groups in total. The first-order valence-corrected chi connectivity index (χ1v) is 44.4. The molecule has 1 aliphatic heterocycles. The number of hydrogen-bond acceptors (Lipinski definition) is 9. The molecule has 1 fully saturated rings. The molecular weight excluding hydrogens is 1400 g/mol. The van der Waals surface area contributed by atoms with Crippen molar-refractivity contribution >= 4 is 27.2 Å². The molecule has 1 aliphatic rings. The summed E-state index contributed by atoms with van der Waals surface area (Å²) in [5, 5.41) is 8.91. The van der Waals surface area contributed by atoms with Gasteiger partial charge in [-0.2, -0.15) is 0 Å². The molecular formula is C102H146N2O7S. The van der Waals surface area contributed by atoms with Gasteiger partial charge in [-0.05, 0) is 210 Å². The Morgan fingerprint density at radius 2 is 0.732 bits per heavy atom. The van der Waals surface area contributed by atoms with Gasteiger partial charge in [0.05, 0.1) is 23.3 Å². The van der Waals surface area contributed by atoms with Crippen LogP contribution in [0.4, 0.5) is 0 Å². The molecule has 10 heteroatoms. The summed E-state index contributed by atoms with van der Waals surface area (Å²) in [5.41, 5.74) is 20.7. The predicted octanol–water partition coefficient (Wildman–Crippen LogP) is 23.4. The first-order valence-electron chi connectivity index (χ1n) is 42.7. The molecule has 0 radical (unpaired) electrons. The summed E-state index contributed by atoms with van der Waals surface area (Å²) < 4.78 is 30.4. The van der Waals surface area contributed by atoms with Crippen LogP contribution in [0.3, 0.4) is 0 Å². The maximum Gasteiger partial charge on any atom is 0.182 e. The largest absolute Gasteiger partial charge is 0.492 e. The second kappa shape index (κ2) is 55.8. The van der Waals surface area contributed by atoms with E-state index < -0.39 is 9.84 Å². The number of ether oxygens (including phenoxy) is 1. The van der Waals surface area contributed by atoms with Crippen LogP contribution in [0.1, 0.15) is 241 Å². The lowest BCUT2D eigenvalue weighted by Gasteiger charge is -2.26. The zero-order chi connectivity index (χ0) is 82.1. The number of ketones is 3. The third kappa shape index (κ3) is 44.2. The predicted molar refractivity (Wildman–Crippen MR) is 476 cm³/mol. The third-order valence-electron chi connectivity index (χ3n) is 19.6. The van der Waals surface area contributed by atoms with Crippen molar-refractivity contribution in [1.82, 2.24) is 4.90 Å². The van der Waals surface area contributed by atoms with Crippen LogP contribution in [-0.2, 0) is 101 Å². The van der Waals surface area contributed by atoms with E-state index in [1.165, 1.54) is 110 Å². The number of nitrogens with zero attached hydrogens (tertiary/aromatic N) is 1. The second-order valence-electron chi connectivity index (χ2n) is 33.8. The van der Waals surface area contributed by atoms with Gasteiger partial charge in [-0.3, -0.25) is 19.3 Å². The van der Waals surface area contributed by atoms with Crippen LogP contribution in [0, 0.1) is 41.4 Å². The van der Waals surface area contributed by atoms with Crippen molar-refractivity contribution < 1.29 is 32.6 Å².